The Labute approximate surface area is 118 Å². The predicted molar refractivity (Wildman–Crippen MR) is 80.1 cm³/mol. The Morgan fingerprint density at radius 1 is 0.850 bits per heavy atom. The number of methoxy groups -OCH3 is 1. The van der Waals surface area contributed by atoms with Crippen LogP contribution in [-0.4, -0.2) is 18.5 Å². The van der Waals surface area contributed by atoms with Crippen molar-refractivity contribution in [1.29, 1.82) is 0 Å². The molecule has 0 radical (unpaired) electrons. The summed E-state index contributed by atoms with van der Waals surface area (Å²) >= 11 is 0. The zero-order valence-corrected chi connectivity index (χ0v) is 11.6. The highest BCUT2D eigenvalue weighted by atomic mass is 16.5. The second kappa shape index (κ2) is 4.73. The standard InChI is InChI=1S/C18H16O2/c1-18(20-2)16(14-11-7-4-8-12-14)15(17(18)19)13-9-5-3-6-10-13/h3-12H,1-2H3. The molecule has 1 unspecified atom stereocenters. The summed E-state index contributed by atoms with van der Waals surface area (Å²) in [4.78, 5) is 12.5. The van der Waals surface area contributed by atoms with Gasteiger partial charge in [0.15, 0.2) is 11.4 Å². The van der Waals surface area contributed by atoms with E-state index in [-0.39, 0.29) is 5.78 Å². The minimum absolute atomic E-state index is 0.0463. The first-order valence-electron chi connectivity index (χ1n) is 6.64. The molecule has 0 saturated carbocycles. The van der Waals surface area contributed by atoms with E-state index < -0.39 is 5.60 Å². The summed E-state index contributed by atoms with van der Waals surface area (Å²) in [5.74, 6) is 0.0463. The summed E-state index contributed by atoms with van der Waals surface area (Å²) < 4.78 is 5.50. The van der Waals surface area contributed by atoms with Gasteiger partial charge >= 0.3 is 0 Å². The maximum atomic E-state index is 12.5. The molecule has 0 spiro atoms. The highest BCUT2D eigenvalue weighted by molar-refractivity contribution is 6.44. The molecule has 0 fully saturated rings. The molecule has 0 amide bonds. The fraction of sp³-hybridized carbons (Fsp3) is 0.167. The maximum Gasteiger partial charge on any atom is 0.199 e. The summed E-state index contributed by atoms with van der Waals surface area (Å²) in [6.07, 6.45) is 0. The fourth-order valence-electron chi connectivity index (χ4n) is 2.74. The molecule has 0 bridgehead atoms. The van der Waals surface area contributed by atoms with Crippen molar-refractivity contribution in [1.82, 2.24) is 0 Å². The van der Waals surface area contributed by atoms with Crippen LogP contribution in [0.25, 0.3) is 11.1 Å². The summed E-state index contributed by atoms with van der Waals surface area (Å²) in [6.45, 7) is 1.84. The van der Waals surface area contributed by atoms with E-state index in [1.165, 1.54) is 0 Å². The van der Waals surface area contributed by atoms with Gasteiger partial charge in [-0.3, -0.25) is 4.79 Å². The number of Topliss-reactive ketones (excluding diaryl/α,β-unsaturated/α-hetero) is 1. The van der Waals surface area contributed by atoms with Gasteiger partial charge in [-0.25, -0.2) is 0 Å². The zero-order chi connectivity index (χ0) is 14.2. The third-order valence-electron chi connectivity index (χ3n) is 3.92. The van der Waals surface area contributed by atoms with Gasteiger partial charge in [0.2, 0.25) is 0 Å². The van der Waals surface area contributed by atoms with Crippen molar-refractivity contribution in [2.75, 3.05) is 7.11 Å². The number of carbonyl (C=O) groups excluding carboxylic acids is 1. The Balaban J connectivity index is 2.22. The summed E-state index contributed by atoms with van der Waals surface area (Å²) in [7, 11) is 1.59. The third kappa shape index (κ3) is 1.73. The van der Waals surface area contributed by atoms with Crippen molar-refractivity contribution in [3.8, 4) is 0 Å². The van der Waals surface area contributed by atoms with Crippen molar-refractivity contribution in [2.24, 2.45) is 0 Å². The monoisotopic (exact) mass is 264 g/mol. The van der Waals surface area contributed by atoms with Crippen molar-refractivity contribution in [2.45, 2.75) is 12.5 Å². The minimum Gasteiger partial charge on any atom is -0.366 e. The normalized spacial score (nSPS) is 21.8. The molecule has 1 atom stereocenters. The molecule has 0 saturated heterocycles. The van der Waals surface area contributed by atoms with E-state index in [4.69, 9.17) is 4.74 Å². The third-order valence-corrected chi connectivity index (χ3v) is 3.92. The molecule has 0 aliphatic heterocycles. The second-order valence-electron chi connectivity index (χ2n) is 5.05. The minimum atomic E-state index is -0.841. The average Bonchev–Trinajstić information content (AvgIpc) is 2.52. The number of ether oxygens (including phenoxy) is 1. The Hall–Kier alpha value is -2.19. The van der Waals surface area contributed by atoms with Crippen LogP contribution in [0.15, 0.2) is 60.7 Å². The molecule has 2 aromatic rings. The SMILES string of the molecule is COC1(C)C(=O)C(c2ccccc2)=C1c1ccccc1. The number of ketones is 1. The highest BCUT2D eigenvalue weighted by Gasteiger charge is 2.51. The van der Waals surface area contributed by atoms with E-state index in [0.717, 1.165) is 22.3 Å². The molecule has 100 valence electrons. The number of hydrogen-bond donors (Lipinski definition) is 0. The van der Waals surface area contributed by atoms with Crippen LogP contribution < -0.4 is 0 Å². The molecule has 0 heterocycles. The van der Waals surface area contributed by atoms with E-state index >= 15 is 0 Å². The Bertz CT molecular complexity index is 671. The molecule has 3 rings (SSSR count). The van der Waals surface area contributed by atoms with Crippen LogP contribution in [0, 0.1) is 0 Å². The quantitative estimate of drug-likeness (QED) is 0.847. The lowest BCUT2D eigenvalue weighted by Crippen LogP contribution is -2.48. The molecule has 1 aliphatic carbocycles. The first-order chi connectivity index (χ1) is 9.68. The van der Waals surface area contributed by atoms with Crippen LogP contribution in [0.1, 0.15) is 18.1 Å². The lowest BCUT2D eigenvalue weighted by atomic mass is 9.67. The number of carbonyl (C=O) groups is 1. The van der Waals surface area contributed by atoms with E-state index in [2.05, 4.69) is 0 Å². The molecular weight excluding hydrogens is 248 g/mol. The molecule has 1 aliphatic rings. The largest absolute Gasteiger partial charge is 0.366 e. The smallest absolute Gasteiger partial charge is 0.199 e. The summed E-state index contributed by atoms with van der Waals surface area (Å²) in [5.41, 5.74) is 2.88. The van der Waals surface area contributed by atoms with E-state index in [1.54, 1.807) is 7.11 Å². The average molecular weight is 264 g/mol. The Kier molecular flexibility index (Phi) is 3.03. The molecule has 2 heteroatoms. The van der Waals surface area contributed by atoms with Crippen LogP contribution in [0.4, 0.5) is 0 Å². The predicted octanol–water partition coefficient (Wildman–Crippen LogP) is 3.59. The number of hydrogen-bond acceptors (Lipinski definition) is 2. The van der Waals surface area contributed by atoms with Gasteiger partial charge in [0, 0.05) is 18.3 Å². The Morgan fingerprint density at radius 3 is 1.85 bits per heavy atom. The highest BCUT2D eigenvalue weighted by Crippen LogP contribution is 2.48. The molecule has 2 aromatic carbocycles. The van der Waals surface area contributed by atoms with Gasteiger partial charge in [0.25, 0.3) is 0 Å². The molecule has 2 nitrogen and oxygen atoms in total. The molecule has 0 N–H and O–H groups in total. The van der Waals surface area contributed by atoms with Crippen LogP contribution in [0.5, 0.6) is 0 Å². The van der Waals surface area contributed by atoms with Gasteiger partial charge in [-0.05, 0) is 18.1 Å². The van der Waals surface area contributed by atoms with Crippen LogP contribution in [-0.2, 0) is 9.53 Å². The van der Waals surface area contributed by atoms with E-state index in [9.17, 15) is 4.79 Å². The molecule has 0 aromatic heterocycles. The van der Waals surface area contributed by atoms with Crippen LogP contribution >= 0.6 is 0 Å². The van der Waals surface area contributed by atoms with Crippen molar-refractivity contribution in [3.05, 3.63) is 71.8 Å². The van der Waals surface area contributed by atoms with Gasteiger partial charge in [0.05, 0.1) is 0 Å². The second-order valence-corrected chi connectivity index (χ2v) is 5.05. The first kappa shape index (κ1) is 12.8. The van der Waals surface area contributed by atoms with E-state index in [1.807, 2.05) is 67.6 Å². The molecule has 20 heavy (non-hydrogen) atoms. The number of benzene rings is 2. The van der Waals surface area contributed by atoms with Gasteiger partial charge in [-0.1, -0.05) is 60.7 Å². The fourth-order valence-corrected chi connectivity index (χ4v) is 2.74. The van der Waals surface area contributed by atoms with Gasteiger partial charge in [-0.15, -0.1) is 0 Å². The van der Waals surface area contributed by atoms with Crippen molar-refractivity contribution < 1.29 is 9.53 Å². The number of rotatable bonds is 3. The van der Waals surface area contributed by atoms with Gasteiger partial charge < -0.3 is 4.74 Å². The Morgan fingerprint density at radius 2 is 1.35 bits per heavy atom. The zero-order valence-electron chi connectivity index (χ0n) is 11.6. The first-order valence-corrected chi connectivity index (χ1v) is 6.64. The summed E-state index contributed by atoms with van der Waals surface area (Å²) in [6, 6.07) is 19.7. The maximum absolute atomic E-state index is 12.5. The lowest BCUT2D eigenvalue weighted by Gasteiger charge is -2.40. The molecular formula is C18H16O2. The van der Waals surface area contributed by atoms with Crippen LogP contribution in [0.3, 0.4) is 0 Å². The summed E-state index contributed by atoms with van der Waals surface area (Å²) in [5, 5.41) is 0. The van der Waals surface area contributed by atoms with E-state index in [0.29, 0.717) is 0 Å². The van der Waals surface area contributed by atoms with Crippen molar-refractivity contribution in [3.63, 3.8) is 0 Å². The van der Waals surface area contributed by atoms with Crippen molar-refractivity contribution >= 4 is 16.9 Å². The van der Waals surface area contributed by atoms with Gasteiger partial charge in [0.1, 0.15) is 0 Å². The van der Waals surface area contributed by atoms with Gasteiger partial charge in [-0.2, -0.15) is 0 Å². The topological polar surface area (TPSA) is 26.3 Å². The van der Waals surface area contributed by atoms with Crippen LogP contribution in [0.2, 0.25) is 0 Å². The lowest BCUT2D eigenvalue weighted by molar-refractivity contribution is -0.129.